The third kappa shape index (κ3) is 3.91. The number of aliphatic hydroxyl groups is 1. The molecule has 0 saturated heterocycles. The predicted molar refractivity (Wildman–Crippen MR) is 80.5 cm³/mol. The lowest BCUT2D eigenvalue weighted by atomic mass is 10.2. The first-order valence-corrected chi connectivity index (χ1v) is 7.61. The zero-order valence-corrected chi connectivity index (χ0v) is 12.7. The van der Waals surface area contributed by atoms with Crippen LogP contribution in [0, 0.1) is 0 Å². The van der Waals surface area contributed by atoms with Crippen LogP contribution in [-0.2, 0) is 0 Å². The third-order valence-electron chi connectivity index (χ3n) is 3.06. The van der Waals surface area contributed by atoms with Gasteiger partial charge in [-0.3, -0.25) is 4.79 Å². The summed E-state index contributed by atoms with van der Waals surface area (Å²) in [6.07, 6.45) is 3.68. The topological polar surface area (TPSA) is 80.3 Å². The smallest absolute Gasteiger partial charge is 0.268 e. The van der Waals surface area contributed by atoms with Crippen LogP contribution < -0.4 is 11.1 Å². The molecule has 0 aliphatic heterocycles. The van der Waals surface area contributed by atoms with Crippen LogP contribution in [0.3, 0.4) is 0 Å². The van der Waals surface area contributed by atoms with E-state index in [2.05, 4.69) is 5.32 Å². The second-order valence-electron chi connectivity index (χ2n) is 4.88. The van der Waals surface area contributed by atoms with Crippen molar-refractivity contribution < 1.29 is 9.90 Å². The number of amides is 1. The van der Waals surface area contributed by atoms with Gasteiger partial charge < -0.3 is 20.7 Å². The van der Waals surface area contributed by atoms with E-state index in [1.807, 2.05) is 31.6 Å². The normalized spacial score (nSPS) is 14.4. The van der Waals surface area contributed by atoms with Gasteiger partial charge in [0, 0.05) is 23.5 Å². The number of hydrogen-bond donors (Lipinski definition) is 3. The van der Waals surface area contributed by atoms with Crippen molar-refractivity contribution in [2.75, 3.05) is 18.6 Å². The first-order valence-electron chi connectivity index (χ1n) is 6.32. The highest BCUT2D eigenvalue weighted by Gasteiger charge is 2.21. The van der Waals surface area contributed by atoms with Gasteiger partial charge in [0.1, 0.15) is 5.69 Å². The summed E-state index contributed by atoms with van der Waals surface area (Å²) in [6, 6.07) is 1.74. The highest BCUT2D eigenvalue weighted by atomic mass is 32.2. The summed E-state index contributed by atoms with van der Waals surface area (Å²) in [5, 5.41) is 12.1. The predicted octanol–water partition coefficient (Wildman–Crippen LogP) is 1.49. The molecule has 0 aliphatic rings. The monoisotopic (exact) mass is 285 g/mol. The van der Waals surface area contributed by atoms with Gasteiger partial charge in [0.15, 0.2) is 0 Å². The molecule has 1 amide bonds. The zero-order valence-electron chi connectivity index (χ0n) is 11.9. The maximum atomic E-state index is 12.3. The minimum atomic E-state index is -0.162. The summed E-state index contributed by atoms with van der Waals surface area (Å²) in [4.78, 5) is 12.3. The van der Waals surface area contributed by atoms with Gasteiger partial charge in [0.05, 0.1) is 12.3 Å². The lowest BCUT2D eigenvalue weighted by Crippen LogP contribution is -2.41. The molecule has 108 valence electrons. The van der Waals surface area contributed by atoms with Gasteiger partial charge in [-0.2, -0.15) is 11.8 Å². The van der Waals surface area contributed by atoms with Crippen molar-refractivity contribution >= 4 is 23.4 Å². The summed E-state index contributed by atoms with van der Waals surface area (Å²) >= 11 is 1.53. The molecule has 19 heavy (non-hydrogen) atoms. The Morgan fingerprint density at radius 3 is 2.63 bits per heavy atom. The molecule has 4 N–H and O–H groups in total. The Balaban J connectivity index is 2.83. The van der Waals surface area contributed by atoms with E-state index in [0.29, 0.717) is 11.4 Å². The standard InChI is InChI=1S/C13H23N3O2S/c1-8(2)16-6-10(14)5-11(16)13(18)15-9(3)12(7-17)19-4/h5-6,8-9,12,17H,7,14H2,1-4H3,(H,15,18). The zero-order chi connectivity index (χ0) is 14.6. The second kappa shape index (κ2) is 6.86. The molecule has 1 aromatic heterocycles. The van der Waals surface area contributed by atoms with Crippen LogP contribution >= 0.6 is 11.8 Å². The molecule has 1 rings (SSSR count). The maximum Gasteiger partial charge on any atom is 0.268 e. The summed E-state index contributed by atoms with van der Waals surface area (Å²) < 4.78 is 1.85. The molecule has 1 heterocycles. The van der Waals surface area contributed by atoms with Gasteiger partial charge in [-0.1, -0.05) is 0 Å². The van der Waals surface area contributed by atoms with Crippen molar-refractivity contribution in [3.8, 4) is 0 Å². The average molecular weight is 285 g/mol. The third-order valence-corrected chi connectivity index (χ3v) is 4.22. The molecule has 6 heteroatoms. The quantitative estimate of drug-likeness (QED) is 0.740. The fraction of sp³-hybridized carbons (Fsp3) is 0.615. The molecule has 0 fully saturated rings. The van der Waals surface area contributed by atoms with E-state index in [9.17, 15) is 9.90 Å². The summed E-state index contributed by atoms with van der Waals surface area (Å²) in [6.45, 7) is 5.92. The second-order valence-corrected chi connectivity index (χ2v) is 5.96. The van der Waals surface area contributed by atoms with Crippen LogP contribution in [0.5, 0.6) is 0 Å². The average Bonchev–Trinajstić information content (AvgIpc) is 2.73. The number of nitrogen functional groups attached to an aromatic ring is 1. The molecule has 0 radical (unpaired) electrons. The van der Waals surface area contributed by atoms with Gasteiger partial charge in [-0.15, -0.1) is 0 Å². The minimum Gasteiger partial charge on any atom is -0.397 e. The number of nitrogens with one attached hydrogen (secondary N) is 1. The van der Waals surface area contributed by atoms with E-state index in [1.165, 1.54) is 11.8 Å². The van der Waals surface area contributed by atoms with Crippen LogP contribution in [0.15, 0.2) is 12.3 Å². The molecule has 5 nitrogen and oxygen atoms in total. The van der Waals surface area contributed by atoms with Gasteiger partial charge in [0.2, 0.25) is 0 Å². The fourth-order valence-corrected chi connectivity index (χ4v) is 2.55. The highest BCUT2D eigenvalue weighted by molar-refractivity contribution is 7.99. The number of nitrogens with zero attached hydrogens (tertiary/aromatic N) is 1. The fourth-order valence-electron chi connectivity index (χ4n) is 1.92. The molecule has 2 atom stereocenters. The Morgan fingerprint density at radius 1 is 1.53 bits per heavy atom. The Morgan fingerprint density at radius 2 is 2.16 bits per heavy atom. The van der Waals surface area contributed by atoms with Gasteiger partial charge in [-0.05, 0) is 33.1 Å². The van der Waals surface area contributed by atoms with Crippen LogP contribution in [0.25, 0.3) is 0 Å². The van der Waals surface area contributed by atoms with E-state index in [4.69, 9.17) is 5.73 Å². The largest absolute Gasteiger partial charge is 0.397 e. The van der Waals surface area contributed by atoms with Crippen molar-refractivity contribution in [3.63, 3.8) is 0 Å². The van der Waals surface area contributed by atoms with E-state index in [0.717, 1.165) is 0 Å². The first-order chi connectivity index (χ1) is 8.90. The van der Waals surface area contributed by atoms with Gasteiger partial charge in [0.25, 0.3) is 5.91 Å². The first kappa shape index (κ1) is 15.9. The Kier molecular flexibility index (Phi) is 5.75. The summed E-state index contributed by atoms with van der Waals surface area (Å²) in [5.74, 6) is -0.162. The minimum absolute atomic E-state index is 0.0104. The lowest BCUT2D eigenvalue weighted by molar-refractivity contribution is 0.0925. The van der Waals surface area contributed by atoms with Crippen molar-refractivity contribution in [1.29, 1.82) is 0 Å². The molecule has 0 bridgehead atoms. The van der Waals surface area contributed by atoms with Gasteiger partial charge in [-0.25, -0.2) is 0 Å². The van der Waals surface area contributed by atoms with Crippen LogP contribution in [0.2, 0.25) is 0 Å². The van der Waals surface area contributed by atoms with Crippen molar-refractivity contribution in [1.82, 2.24) is 9.88 Å². The molecule has 0 aliphatic carbocycles. The van der Waals surface area contributed by atoms with E-state index < -0.39 is 0 Å². The molecule has 0 aromatic carbocycles. The number of rotatable bonds is 6. The Hall–Kier alpha value is -1.14. The Bertz CT molecular complexity index is 428. The molecular weight excluding hydrogens is 262 g/mol. The molecule has 0 spiro atoms. The van der Waals surface area contributed by atoms with Crippen LogP contribution in [-0.4, -0.2) is 39.7 Å². The number of hydrogen-bond acceptors (Lipinski definition) is 4. The highest BCUT2D eigenvalue weighted by Crippen LogP contribution is 2.17. The van der Waals surface area contributed by atoms with Crippen LogP contribution in [0.1, 0.15) is 37.3 Å². The number of aliphatic hydroxyl groups excluding tert-OH is 1. The van der Waals surface area contributed by atoms with E-state index in [1.54, 1.807) is 12.3 Å². The van der Waals surface area contributed by atoms with Gasteiger partial charge >= 0.3 is 0 Å². The molecule has 0 saturated carbocycles. The number of thioether (sulfide) groups is 1. The SMILES string of the molecule is CSC(CO)C(C)NC(=O)c1cc(N)cn1C(C)C. The van der Waals surface area contributed by atoms with E-state index in [-0.39, 0.29) is 29.8 Å². The van der Waals surface area contributed by atoms with E-state index >= 15 is 0 Å². The molecular formula is C13H23N3O2S. The van der Waals surface area contributed by atoms with Crippen molar-refractivity contribution in [2.24, 2.45) is 0 Å². The Labute approximate surface area is 118 Å². The number of anilines is 1. The van der Waals surface area contributed by atoms with Crippen molar-refractivity contribution in [3.05, 3.63) is 18.0 Å². The van der Waals surface area contributed by atoms with Crippen LogP contribution in [0.4, 0.5) is 5.69 Å². The number of nitrogens with two attached hydrogens (primary N) is 1. The maximum absolute atomic E-state index is 12.3. The number of aromatic nitrogens is 1. The molecule has 1 aromatic rings. The molecule has 2 unspecified atom stereocenters. The number of carbonyl (C=O) groups is 1. The number of carbonyl (C=O) groups excluding carboxylic acids is 1. The lowest BCUT2D eigenvalue weighted by Gasteiger charge is -2.22. The van der Waals surface area contributed by atoms with Crippen molar-refractivity contribution in [2.45, 2.75) is 38.1 Å². The summed E-state index contributed by atoms with van der Waals surface area (Å²) in [7, 11) is 0. The summed E-state index contributed by atoms with van der Waals surface area (Å²) in [5.41, 5.74) is 6.88.